The number of nitrogens with one attached hydrogen (secondary N) is 1. The molecule has 18 heavy (non-hydrogen) atoms. The molecular weight excluding hydrogens is 246 g/mol. The van der Waals surface area contributed by atoms with Gasteiger partial charge in [0.25, 0.3) is 0 Å². The van der Waals surface area contributed by atoms with Crippen LogP contribution in [0.25, 0.3) is 0 Å². The largest absolute Gasteiger partial charge is 0.491 e. The smallest absolute Gasteiger partial charge is 0.138 e. The van der Waals surface area contributed by atoms with E-state index in [4.69, 9.17) is 16.3 Å². The lowest BCUT2D eigenvalue weighted by molar-refractivity contribution is 0.304. The van der Waals surface area contributed by atoms with E-state index in [2.05, 4.69) is 26.1 Å². The standard InChI is InChI=1S/C15H24ClNO/c1-12-5-6-13(16)14(11-12)18-10-9-17-8-7-15(2,3)4/h5-6,11,17H,7-10H2,1-4H3. The van der Waals surface area contributed by atoms with Crippen LogP contribution in [0.4, 0.5) is 0 Å². The van der Waals surface area contributed by atoms with Gasteiger partial charge < -0.3 is 10.1 Å². The van der Waals surface area contributed by atoms with Crippen LogP contribution in [0.15, 0.2) is 18.2 Å². The van der Waals surface area contributed by atoms with Crippen LogP contribution >= 0.6 is 11.6 Å². The second-order valence-corrected chi connectivity index (χ2v) is 6.25. The van der Waals surface area contributed by atoms with E-state index in [9.17, 15) is 0 Å². The van der Waals surface area contributed by atoms with Crippen LogP contribution in [0.1, 0.15) is 32.8 Å². The van der Waals surface area contributed by atoms with Gasteiger partial charge in [0.15, 0.2) is 0 Å². The molecule has 0 radical (unpaired) electrons. The number of benzene rings is 1. The Kier molecular flexibility index (Phi) is 5.97. The Hall–Kier alpha value is -0.730. The molecule has 0 aromatic heterocycles. The third-order valence-electron chi connectivity index (χ3n) is 2.67. The molecule has 0 bridgehead atoms. The van der Waals surface area contributed by atoms with Gasteiger partial charge in [-0.15, -0.1) is 0 Å². The first-order valence-corrected chi connectivity index (χ1v) is 6.86. The molecule has 102 valence electrons. The van der Waals surface area contributed by atoms with Crippen molar-refractivity contribution >= 4 is 11.6 Å². The van der Waals surface area contributed by atoms with Gasteiger partial charge in [0.05, 0.1) is 5.02 Å². The van der Waals surface area contributed by atoms with Crippen molar-refractivity contribution in [2.24, 2.45) is 5.41 Å². The maximum absolute atomic E-state index is 6.05. The molecule has 0 atom stereocenters. The lowest BCUT2D eigenvalue weighted by Crippen LogP contribution is -2.25. The molecule has 0 aliphatic carbocycles. The van der Waals surface area contributed by atoms with E-state index in [1.807, 2.05) is 25.1 Å². The Morgan fingerprint density at radius 1 is 1.22 bits per heavy atom. The molecule has 3 heteroatoms. The molecular formula is C15H24ClNO. The molecule has 1 aromatic rings. The maximum atomic E-state index is 6.05. The Morgan fingerprint density at radius 2 is 1.94 bits per heavy atom. The summed E-state index contributed by atoms with van der Waals surface area (Å²) in [7, 11) is 0. The number of aryl methyl sites for hydroxylation is 1. The highest BCUT2D eigenvalue weighted by Crippen LogP contribution is 2.24. The number of hydrogen-bond acceptors (Lipinski definition) is 2. The second-order valence-electron chi connectivity index (χ2n) is 5.84. The van der Waals surface area contributed by atoms with E-state index in [-0.39, 0.29) is 0 Å². The summed E-state index contributed by atoms with van der Waals surface area (Å²) in [6, 6.07) is 5.83. The minimum atomic E-state index is 0.383. The highest BCUT2D eigenvalue weighted by atomic mass is 35.5. The van der Waals surface area contributed by atoms with Crippen molar-refractivity contribution in [2.45, 2.75) is 34.1 Å². The molecule has 0 amide bonds. The van der Waals surface area contributed by atoms with Crippen LogP contribution < -0.4 is 10.1 Å². The molecule has 0 saturated heterocycles. The molecule has 0 aliphatic heterocycles. The van der Waals surface area contributed by atoms with E-state index < -0.39 is 0 Å². The lowest BCUT2D eigenvalue weighted by atomic mass is 9.92. The predicted octanol–water partition coefficient (Wildman–Crippen LogP) is 4.05. The molecule has 0 saturated carbocycles. The average Bonchev–Trinajstić information content (AvgIpc) is 2.26. The van der Waals surface area contributed by atoms with E-state index in [1.54, 1.807) is 0 Å². The van der Waals surface area contributed by atoms with Crippen LogP contribution in [0, 0.1) is 12.3 Å². The minimum Gasteiger partial charge on any atom is -0.491 e. The summed E-state index contributed by atoms with van der Waals surface area (Å²) in [5, 5.41) is 4.05. The zero-order chi connectivity index (χ0) is 13.6. The SMILES string of the molecule is Cc1ccc(Cl)c(OCCNCCC(C)(C)C)c1. The average molecular weight is 270 g/mol. The fourth-order valence-corrected chi connectivity index (χ4v) is 1.71. The minimum absolute atomic E-state index is 0.383. The van der Waals surface area contributed by atoms with Crippen molar-refractivity contribution in [1.29, 1.82) is 0 Å². The normalized spacial score (nSPS) is 11.6. The summed E-state index contributed by atoms with van der Waals surface area (Å²) in [6.45, 7) is 11.3. The van der Waals surface area contributed by atoms with Crippen molar-refractivity contribution < 1.29 is 4.74 Å². The Morgan fingerprint density at radius 3 is 2.61 bits per heavy atom. The van der Waals surface area contributed by atoms with Crippen molar-refractivity contribution in [2.75, 3.05) is 19.7 Å². The maximum Gasteiger partial charge on any atom is 0.138 e. The lowest BCUT2D eigenvalue weighted by Gasteiger charge is -2.18. The van der Waals surface area contributed by atoms with Gasteiger partial charge in [0.2, 0.25) is 0 Å². The van der Waals surface area contributed by atoms with Gasteiger partial charge >= 0.3 is 0 Å². The predicted molar refractivity (Wildman–Crippen MR) is 78.6 cm³/mol. The quantitative estimate of drug-likeness (QED) is 0.787. The van der Waals surface area contributed by atoms with Crippen LogP contribution in [0.2, 0.25) is 5.02 Å². The Labute approximate surface area is 116 Å². The first kappa shape index (κ1) is 15.3. The van der Waals surface area contributed by atoms with Crippen molar-refractivity contribution in [1.82, 2.24) is 5.32 Å². The topological polar surface area (TPSA) is 21.3 Å². The van der Waals surface area contributed by atoms with Crippen molar-refractivity contribution in [3.8, 4) is 5.75 Å². The first-order valence-electron chi connectivity index (χ1n) is 6.48. The Bertz CT molecular complexity index is 371. The van der Waals surface area contributed by atoms with E-state index >= 15 is 0 Å². The molecule has 0 unspecified atom stereocenters. The van der Waals surface area contributed by atoms with Gasteiger partial charge in [0, 0.05) is 6.54 Å². The molecule has 0 aliphatic rings. The van der Waals surface area contributed by atoms with Crippen molar-refractivity contribution in [3.05, 3.63) is 28.8 Å². The van der Waals surface area contributed by atoms with Gasteiger partial charge in [-0.25, -0.2) is 0 Å². The van der Waals surface area contributed by atoms with Crippen LogP contribution in [-0.2, 0) is 0 Å². The first-order chi connectivity index (χ1) is 8.38. The Balaban J connectivity index is 2.20. The number of halogens is 1. The highest BCUT2D eigenvalue weighted by molar-refractivity contribution is 6.32. The second kappa shape index (κ2) is 7.01. The van der Waals surface area contributed by atoms with E-state index in [0.29, 0.717) is 17.0 Å². The van der Waals surface area contributed by atoms with Crippen molar-refractivity contribution in [3.63, 3.8) is 0 Å². The van der Waals surface area contributed by atoms with Gasteiger partial charge in [-0.2, -0.15) is 0 Å². The molecule has 1 N–H and O–H groups in total. The number of hydrogen-bond donors (Lipinski definition) is 1. The molecule has 0 heterocycles. The van der Waals surface area contributed by atoms with Gasteiger partial charge in [-0.1, -0.05) is 38.4 Å². The zero-order valence-corrected chi connectivity index (χ0v) is 12.6. The van der Waals surface area contributed by atoms with Crippen LogP contribution in [-0.4, -0.2) is 19.7 Å². The molecule has 2 nitrogen and oxygen atoms in total. The van der Waals surface area contributed by atoms with Crippen LogP contribution in [0.3, 0.4) is 0 Å². The van der Waals surface area contributed by atoms with Gasteiger partial charge in [-0.05, 0) is 43.0 Å². The zero-order valence-electron chi connectivity index (χ0n) is 11.8. The summed E-state index contributed by atoms with van der Waals surface area (Å²) in [5.74, 6) is 0.772. The van der Waals surface area contributed by atoms with E-state index in [1.165, 1.54) is 0 Å². The number of rotatable bonds is 6. The summed E-state index contributed by atoms with van der Waals surface area (Å²) in [6.07, 6.45) is 1.16. The molecule has 0 fully saturated rings. The molecule has 1 rings (SSSR count). The monoisotopic (exact) mass is 269 g/mol. The third-order valence-corrected chi connectivity index (χ3v) is 2.99. The molecule has 1 aromatic carbocycles. The molecule has 0 spiro atoms. The summed E-state index contributed by atoms with van der Waals surface area (Å²) >= 11 is 6.05. The summed E-state index contributed by atoms with van der Waals surface area (Å²) in [4.78, 5) is 0. The van der Waals surface area contributed by atoms with Crippen LogP contribution in [0.5, 0.6) is 5.75 Å². The van der Waals surface area contributed by atoms with Gasteiger partial charge in [0.1, 0.15) is 12.4 Å². The fourth-order valence-electron chi connectivity index (χ4n) is 1.54. The van der Waals surface area contributed by atoms with Gasteiger partial charge in [-0.3, -0.25) is 0 Å². The highest BCUT2D eigenvalue weighted by Gasteiger charge is 2.08. The summed E-state index contributed by atoms with van der Waals surface area (Å²) in [5.41, 5.74) is 1.54. The fraction of sp³-hybridized carbons (Fsp3) is 0.600. The van der Waals surface area contributed by atoms with E-state index in [0.717, 1.165) is 30.8 Å². The summed E-state index contributed by atoms with van der Waals surface area (Å²) < 4.78 is 5.66. The number of ether oxygens (including phenoxy) is 1. The third kappa shape index (κ3) is 6.27.